The Kier molecular flexibility index (Phi) is 7.02. The molecule has 1 aromatic rings. The second-order valence-electron chi connectivity index (χ2n) is 5.49. The zero-order chi connectivity index (χ0) is 15.0. The summed E-state index contributed by atoms with van der Waals surface area (Å²) in [6, 6.07) is 6.43. The largest absolute Gasteiger partial charge is 0.396 e. The van der Waals surface area contributed by atoms with Crippen molar-refractivity contribution in [3.05, 3.63) is 30.1 Å². The van der Waals surface area contributed by atoms with Gasteiger partial charge in [0.15, 0.2) is 0 Å². The molecule has 5 heteroatoms. The molecular formula is C15H22FNO2S. The molecule has 0 radical (unpaired) electrons. The van der Waals surface area contributed by atoms with Crippen LogP contribution in [0.1, 0.15) is 26.7 Å². The third-order valence-electron chi connectivity index (χ3n) is 2.97. The minimum absolute atomic E-state index is 0.0406. The van der Waals surface area contributed by atoms with E-state index < -0.39 is 0 Å². The number of benzene rings is 1. The standard InChI is InChI=1S/C15H22FNO2S/c1-15(2,8-5-9-18)11-17-14(19)10-20-13-7-4-3-6-12(13)16/h3-4,6-7,18H,5,8-11H2,1-2H3,(H,17,19). The molecular weight excluding hydrogens is 277 g/mol. The van der Waals surface area contributed by atoms with Gasteiger partial charge in [-0.1, -0.05) is 26.0 Å². The van der Waals surface area contributed by atoms with E-state index in [0.29, 0.717) is 11.4 Å². The summed E-state index contributed by atoms with van der Waals surface area (Å²) in [6.45, 7) is 4.82. The van der Waals surface area contributed by atoms with Crippen molar-refractivity contribution in [3.63, 3.8) is 0 Å². The van der Waals surface area contributed by atoms with Gasteiger partial charge < -0.3 is 10.4 Å². The number of carbonyl (C=O) groups excluding carboxylic acids is 1. The molecule has 0 unspecified atom stereocenters. The molecule has 0 spiro atoms. The Balaban J connectivity index is 2.32. The fourth-order valence-corrected chi connectivity index (χ4v) is 2.51. The van der Waals surface area contributed by atoms with Crippen molar-refractivity contribution in [2.75, 3.05) is 18.9 Å². The highest BCUT2D eigenvalue weighted by molar-refractivity contribution is 8.00. The summed E-state index contributed by atoms with van der Waals surface area (Å²) in [5.74, 6) is -0.194. The Morgan fingerprint density at radius 2 is 2.10 bits per heavy atom. The van der Waals surface area contributed by atoms with Crippen molar-refractivity contribution >= 4 is 17.7 Å². The monoisotopic (exact) mass is 299 g/mol. The van der Waals surface area contributed by atoms with Crippen LogP contribution in [0.5, 0.6) is 0 Å². The Morgan fingerprint density at radius 1 is 1.40 bits per heavy atom. The number of thioether (sulfide) groups is 1. The highest BCUT2D eigenvalue weighted by Crippen LogP contribution is 2.22. The van der Waals surface area contributed by atoms with Gasteiger partial charge in [0.2, 0.25) is 5.91 Å². The summed E-state index contributed by atoms with van der Waals surface area (Å²) >= 11 is 1.20. The zero-order valence-corrected chi connectivity index (χ0v) is 12.8. The summed E-state index contributed by atoms with van der Waals surface area (Å²) in [6.07, 6.45) is 1.58. The van der Waals surface area contributed by atoms with Crippen molar-refractivity contribution in [2.45, 2.75) is 31.6 Å². The predicted octanol–water partition coefficient (Wildman–Crippen LogP) is 2.83. The number of nitrogens with one attached hydrogen (secondary N) is 1. The number of carbonyl (C=O) groups is 1. The molecule has 3 nitrogen and oxygen atoms in total. The fraction of sp³-hybridized carbons (Fsp3) is 0.533. The Hall–Kier alpha value is -1.07. The Labute approximate surface area is 124 Å². The molecule has 0 aromatic heterocycles. The molecule has 0 saturated heterocycles. The van der Waals surface area contributed by atoms with Gasteiger partial charge >= 0.3 is 0 Å². The molecule has 1 rings (SSSR count). The first-order chi connectivity index (χ1) is 9.44. The third-order valence-corrected chi connectivity index (χ3v) is 4.02. The normalized spacial score (nSPS) is 11.4. The molecule has 0 aliphatic carbocycles. The van der Waals surface area contributed by atoms with E-state index in [1.54, 1.807) is 18.2 Å². The number of aliphatic hydroxyl groups is 1. The van der Waals surface area contributed by atoms with Gasteiger partial charge in [-0.15, -0.1) is 11.8 Å². The predicted molar refractivity (Wildman–Crippen MR) is 80.2 cm³/mol. The van der Waals surface area contributed by atoms with Gasteiger partial charge in [-0.25, -0.2) is 4.39 Å². The maximum Gasteiger partial charge on any atom is 0.230 e. The lowest BCUT2D eigenvalue weighted by atomic mass is 9.88. The summed E-state index contributed by atoms with van der Waals surface area (Å²) in [5.41, 5.74) is -0.0406. The molecule has 2 N–H and O–H groups in total. The molecule has 0 bridgehead atoms. The maximum absolute atomic E-state index is 13.4. The Morgan fingerprint density at radius 3 is 2.75 bits per heavy atom. The maximum atomic E-state index is 13.4. The van der Waals surface area contributed by atoms with Gasteiger partial charge in [-0.3, -0.25) is 4.79 Å². The van der Waals surface area contributed by atoms with Crippen LogP contribution in [0.3, 0.4) is 0 Å². The van der Waals surface area contributed by atoms with E-state index in [-0.39, 0.29) is 29.5 Å². The van der Waals surface area contributed by atoms with Gasteiger partial charge in [0.25, 0.3) is 0 Å². The van der Waals surface area contributed by atoms with Gasteiger partial charge in [0, 0.05) is 18.0 Å². The molecule has 0 heterocycles. The summed E-state index contributed by atoms with van der Waals surface area (Å²) < 4.78 is 13.4. The van der Waals surface area contributed by atoms with Crippen LogP contribution in [-0.2, 0) is 4.79 Å². The van der Waals surface area contributed by atoms with E-state index in [1.807, 2.05) is 13.8 Å². The fourth-order valence-electron chi connectivity index (χ4n) is 1.74. The zero-order valence-electron chi connectivity index (χ0n) is 12.0. The SMILES string of the molecule is CC(C)(CCCO)CNC(=O)CSc1ccccc1F. The second-order valence-corrected chi connectivity index (χ2v) is 6.50. The van der Waals surface area contributed by atoms with Crippen molar-refractivity contribution < 1.29 is 14.3 Å². The first-order valence-electron chi connectivity index (χ1n) is 6.69. The summed E-state index contributed by atoms with van der Waals surface area (Å²) in [7, 11) is 0. The van der Waals surface area contributed by atoms with Crippen LogP contribution < -0.4 is 5.32 Å². The van der Waals surface area contributed by atoms with Crippen molar-refractivity contribution in [1.29, 1.82) is 0 Å². The quantitative estimate of drug-likeness (QED) is 0.726. The van der Waals surface area contributed by atoms with Crippen LogP contribution in [0.25, 0.3) is 0 Å². The number of hydrogen-bond acceptors (Lipinski definition) is 3. The van der Waals surface area contributed by atoms with Crippen molar-refractivity contribution in [3.8, 4) is 0 Å². The van der Waals surface area contributed by atoms with E-state index in [0.717, 1.165) is 12.8 Å². The van der Waals surface area contributed by atoms with Crippen molar-refractivity contribution in [1.82, 2.24) is 5.32 Å². The molecule has 0 atom stereocenters. The molecule has 0 saturated carbocycles. The first-order valence-corrected chi connectivity index (χ1v) is 7.68. The molecule has 20 heavy (non-hydrogen) atoms. The van der Waals surface area contributed by atoms with E-state index in [4.69, 9.17) is 5.11 Å². The van der Waals surface area contributed by atoms with Gasteiger partial charge in [0.05, 0.1) is 5.75 Å². The highest BCUT2D eigenvalue weighted by Gasteiger charge is 2.18. The molecule has 0 aliphatic heterocycles. The summed E-state index contributed by atoms with van der Waals surface area (Å²) in [5, 5.41) is 11.7. The van der Waals surface area contributed by atoms with Crippen LogP contribution in [0.2, 0.25) is 0 Å². The average molecular weight is 299 g/mol. The van der Waals surface area contributed by atoms with E-state index in [2.05, 4.69) is 5.32 Å². The number of amides is 1. The Bertz CT molecular complexity index is 438. The molecule has 0 fully saturated rings. The minimum Gasteiger partial charge on any atom is -0.396 e. The van der Waals surface area contributed by atoms with Crippen LogP contribution >= 0.6 is 11.8 Å². The van der Waals surface area contributed by atoms with E-state index >= 15 is 0 Å². The highest BCUT2D eigenvalue weighted by atomic mass is 32.2. The molecule has 1 aromatic carbocycles. The smallest absolute Gasteiger partial charge is 0.230 e. The number of aliphatic hydroxyl groups excluding tert-OH is 1. The molecule has 1 amide bonds. The van der Waals surface area contributed by atoms with Gasteiger partial charge in [0.1, 0.15) is 5.82 Å². The number of halogens is 1. The lowest BCUT2D eigenvalue weighted by molar-refractivity contribution is -0.119. The molecule has 0 aliphatic rings. The summed E-state index contributed by atoms with van der Waals surface area (Å²) in [4.78, 5) is 12.2. The van der Waals surface area contributed by atoms with E-state index in [9.17, 15) is 9.18 Å². The minimum atomic E-state index is -0.298. The van der Waals surface area contributed by atoms with Crippen LogP contribution in [0.4, 0.5) is 4.39 Å². The second kappa shape index (κ2) is 8.27. The molecule has 112 valence electrons. The van der Waals surface area contributed by atoms with Crippen molar-refractivity contribution in [2.24, 2.45) is 5.41 Å². The lowest BCUT2D eigenvalue weighted by Crippen LogP contribution is -2.35. The van der Waals surface area contributed by atoms with Crippen LogP contribution in [-0.4, -0.2) is 29.9 Å². The number of hydrogen-bond donors (Lipinski definition) is 2. The van der Waals surface area contributed by atoms with Gasteiger partial charge in [-0.2, -0.15) is 0 Å². The van der Waals surface area contributed by atoms with Crippen LogP contribution in [0.15, 0.2) is 29.2 Å². The first kappa shape index (κ1) is 17.0. The van der Waals surface area contributed by atoms with Crippen LogP contribution in [0, 0.1) is 11.2 Å². The topological polar surface area (TPSA) is 49.3 Å². The average Bonchev–Trinajstić information content (AvgIpc) is 2.42. The third kappa shape index (κ3) is 6.39. The number of rotatable bonds is 8. The van der Waals surface area contributed by atoms with Gasteiger partial charge in [-0.05, 0) is 30.4 Å². The lowest BCUT2D eigenvalue weighted by Gasteiger charge is -2.24. The van der Waals surface area contributed by atoms with E-state index in [1.165, 1.54) is 17.8 Å².